The summed E-state index contributed by atoms with van der Waals surface area (Å²) in [5.41, 5.74) is 6.18. The van der Waals surface area contributed by atoms with Crippen molar-refractivity contribution in [2.24, 2.45) is 4.99 Å². The molecule has 0 unspecified atom stereocenters. The van der Waals surface area contributed by atoms with Gasteiger partial charge in [-0.2, -0.15) is 0 Å². The summed E-state index contributed by atoms with van der Waals surface area (Å²) in [7, 11) is 4.07. The van der Waals surface area contributed by atoms with Crippen molar-refractivity contribution in [3.8, 4) is 11.4 Å². The van der Waals surface area contributed by atoms with Gasteiger partial charge < -0.3 is 14.6 Å². The van der Waals surface area contributed by atoms with E-state index in [-0.39, 0.29) is 5.75 Å². The second-order valence-corrected chi connectivity index (χ2v) is 6.32. The number of aromatic nitrogens is 1. The van der Waals surface area contributed by atoms with Crippen molar-refractivity contribution in [2.45, 2.75) is 13.8 Å². The molecule has 0 saturated heterocycles. The summed E-state index contributed by atoms with van der Waals surface area (Å²) in [4.78, 5) is 6.51. The largest absolute Gasteiger partial charge is 0.506 e. The number of rotatable bonds is 4. The topological polar surface area (TPSA) is 40.8 Å². The smallest absolute Gasteiger partial charge is 0.141 e. The summed E-state index contributed by atoms with van der Waals surface area (Å²) in [6, 6.07) is 17.7. The van der Waals surface area contributed by atoms with Crippen molar-refractivity contribution < 1.29 is 5.11 Å². The summed E-state index contributed by atoms with van der Waals surface area (Å²) in [5.74, 6) is 0.187. The Kier molecular flexibility index (Phi) is 4.61. The molecule has 4 heteroatoms. The van der Waals surface area contributed by atoms with E-state index in [1.807, 2.05) is 26.4 Å². The molecule has 0 amide bonds. The minimum atomic E-state index is 0.187. The van der Waals surface area contributed by atoms with Gasteiger partial charge in [0.25, 0.3) is 0 Å². The van der Waals surface area contributed by atoms with Crippen LogP contribution in [0, 0.1) is 13.8 Å². The second kappa shape index (κ2) is 6.85. The van der Waals surface area contributed by atoms with Gasteiger partial charge in [0.2, 0.25) is 0 Å². The first kappa shape index (κ1) is 16.8. The Morgan fingerprint density at radius 2 is 1.68 bits per heavy atom. The van der Waals surface area contributed by atoms with Crippen molar-refractivity contribution in [3.05, 3.63) is 71.5 Å². The second-order valence-electron chi connectivity index (χ2n) is 6.32. The molecule has 0 saturated carbocycles. The van der Waals surface area contributed by atoms with E-state index < -0.39 is 0 Å². The molecule has 0 fully saturated rings. The summed E-state index contributed by atoms with van der Waals surface area (Å²) in [5, 5.41) is 9.84. The first-order valence-electron chi connectivity index (χ1n) is 8.26. The Morgan fingerprint density at radius 3 is 2.32 bits per heavy atom. The van der Waals surface area contributed by atoms with Crippen LogP contribution in [-0.2, 0) is 0 Å². The Bertz CT molecular complexity index is 905. The average molecular weight is 333 g/mol. The number of nitrogens with zero attached hydrogens (tertiary/aromatic N) is 3. The van der Waals surface area contributed by atoms with E-state index in [1.54, 1.807) is 18.2 Å². The fourth-order valence-electron chi connectivity index (χ4n) is 2.93. The zero-order valence-electron chi connectivity index (χ0n) is 15.1. The van der Waals surface area contributed by atoms with E-state index in [4.69, 9.17) is 0 Å². The predicted molar refractivity (Wildman–Crippen MR) is 105 cm³/mol. The van der Waals surface area contributed by atoms with Crippen molar-refractivity contribution in [1.29, 1.82) is 0 Å². The van der Waals surface area contributed by atoms with Crippen LogP contribution in [0.3, 0.4) is 0 Å². The lowest BCUT2D eigenvalue weighted by molar-refractivity contribution is 0.477. The van der Waals surface area contributed by atoms with Crippen LogP contribution in [0.1, 0.15) is 17.0 Å². The number of para-hydroxylation sites is 2. The number of aromatic hydroxyl groups is 1. The third kappa shape index (κ3) is 3.43. The summed E-state index contributed by atoms with van der Waals surface area (Å²) in [6.07, 6.45) is 1.81. The van der Waals surface area contributed by atoms with Crippen LogP contribution in [0.2, 0.25) is 0 Å². The molecule has 128 valence electrons. The highest BCUT2D eigenvalue weighted by molar-refractivity contribution is 5.85. The van der Waals surface area contributed by atoms with Crippen LogP contribution < -0.4 is 4.90 Å². The van der Waals surface area contributed by atoms with Gasteiger partial charge in [0, 0.05) is 48.6 Å². The zero-order valence-corrected chi connectivity index (χ0v) is 15.1. The molecule has 3 rings (SSSR count). The average Bonchev–Trinajstić information content (AvgIpc) is 2.88. The van der Waals surface area contributed by atoms with Crippen molar-refractivity contribution in [1.82, 2.24) is 4.57 Å². The lowest BCUT2D eigenvalue weighted by Crippen LogP contribution is -2.08. The minimum Gasteiger partial charge on any atom is -0.506 e. The van der Waals surface area contributed by atoms with Gasteiger partial charge in [0.15, 0.2) is 0 Å². The number of hydrogen-bond acceptors (Lipinski definition) is 3. The van der Waals surface area contributed by atoms with Gasteiger partial charge in [0.05, 0.1) is 0 Å². The third-order valence-corrected chi connectivity index (χ3v) is 4.32. The predicted octanol–water partition coefficient (Wildman–Crippen LogP) is 4.62. The van der Waals surface area contributed by atoms with Crippen molar-refractivity contribution >= 4 is 17.6 Å². The number of phenols is 1. The fourth-order valence-corrected chi connectivity index (χ4v) is 2.93. The van der Waals surface area contributed by atoms with Gasteiger partial charge >= 0.3 is 0 Å². The van der Waals surface area contributed by atoms with E-state index in [1.165, 1.54) is 5.69 Å². The summed E-state index contributed by atoms with van der Waals surface area (Å²) >= 11 is 0. The lowest BCUT2D eigenvalue weighted by atomic mass is 10.2. The highest BCUT2D eigenvalue weighted by Crippen LogP contribution is 2.26. The standard InChI is InChI=1S/C21H23N3O/c1-15-13-17(14-22-20-7-5-6-8-21(20)25)16(2)24(15)19-11-9-18(10-12-19)23(3)4/h5-14,25H,1-4H3. The molecule has 1 N–H and O–H groups in total. The Hall–Kier alpha value is -3.01. The van der Waals surface area contributed by atoms with Gasteiger partial charge in [0.1, 0.15) is 11.4 Å². The molecular formula is C21H23N3O. The number of anilines is 1. The SMILES string of the molecule is Cc1cc(C=Nc2ccccc2O)c(C)n1-c1ccc(N(C)C)cc1. The van der Waals surface area contributed by atoms with Crippen molar-refractivity contribution in [2.75, 3.05) is 19.0 Å². The van der Waals surface area contributed by atoms with Gasteiger partial charge in [-0.3, -0.25) is 4.99 Å². The fraction of sp³-hybridized carbons (Fsp3) is 0.190. The molecule has 0 spiro atoms. The Balaban J connectivity index is 1.94. The highest BCUT2D eigenvalue weighted by Gasteiger charge is 2.10. The van der Waals surface area contributed by atoms with Crippen LogP contribution in [0.4, 0.5) is 11.4 Å². The number of phenolic OH excluding ortho intramolecular Hbond substituents is 1. The molecule has 2 aromatic carbocycles. The van der Waals surface area contributed by atoms with Crippen LogP contribution in [0.25, 0.3) is 5.69 Å². The lowest BCUT2D eigenvalue weighted by Gasteiger charge is -2.14. The molecule has 0 radical (unpaired) electrons. The van der Waals surface area contributed by atoms with E-state index in [0.29, 0.717) is 5.69 Å². The van der Waals surface area contributed by atoms with Crippen LogP contribution in [0.15, 0.2) is 59.6 Å². The molecule has 0 aliphatic heterocycles. The van der Waals surface area contributed by atoms with E-state index >= 15 is 0 Å². The summed E-state index contributed by atoms with van der Waals surface area (Å²) in [6.45, 7) is 4.17. The molecule has 1 heterocycles. The number of benzene rings is 2. The maximum absolute atomic E-state index is 9.84. The van der Waals surface area contributed by atoms with Gasteiger partial charge in [-0.05, 0) is 56.3 Å². The molecule has 0 aliphatic rings. The molecular weight excluding hydrogens is 310 g/mol. The Labute approximate surface area is 148 Å². The molecule has 0 aliphatic carbocycles. The normalized spacial score (nSPS) is 11.2. The number of aryl methyl sites for hydroxylation is 1. The van der Waals surface area contributed by atoms with Gasteiger partial charge in [-0.1, -0.05) is 12.1 Å². The zero-order chi connectivity index (χ0) is 18.0. The first-order chi connectivity index (χ1) is 12.0. The van der Waals surface area contributed by atoms with Gasteiger partial charge in [-0.15, -0.1) is 0 Å². The third-order valence-electron chi connectivity index (χ3n) is 4.32. The first-order valence-corrected chi connectivity index (χ1v) is 8.26. The van der Waals surface area contributed by atoms with Crippen LogP contribution in [-0.4, -0.2) is 30.0 Å². The maximum Gasteiger partial charge on any atom is 0.141 e. The molecule has 3 aromatic rings. The molecule has 25 heavy (non-hydrogen) atoms. The van der Waals surface area contributed by atoms with Crippen LogP contribution >= 0.6 is 0 Å². The minimum absolute atomic E-state index is 0.187. The number of aliphatic imine (C=N–C) groups is 1. The van der Waals surface area contributed by atoms with Crippen molar-refractivity contribution in [3.63, 3.8) is 0 Å². The maximum atomic E-state index is 9.84. The monoisotopic (exact) mass is 333 g/mol. The van der Waals surface area contributed by atoms with E-state index in [9.17, 15) is 5.11 Å². The van der Waals surface area contributed by atoms with E-state index in [2.05, 4.69) is 58.6 Å². The molecule has 0 atom stereocenters. The van der Waals surface area contributed by atoms with Gasteiger partial charge in [-0.25, -0.2) is 0 Å². The Morgan fingerprint density at radius 1 is 1.00 bits per heavy atom. The molecule has 0 bridgehead atoms. The van der Waals surface area contributed by atoms with Crippen LogP contribution in [0.5, 0.6) is 5.75 Å². The van der Waals surface area contributed by atoms with E-state index in [0.717, 1.165) is 22.6 Å². The molecule has 4 nitrogen and oxygen atoms in total. The number of hydrogen-bond donors (Lipinski definition) is 1. The quantitative estimate of drug-likeness (QED) is 0.708. The highest BCUT2D eigenvalue weighted by atomic mass is 16.3. The molecule has 1 aromatic heterocycles. The summed E-state index contributed by atoms with van der Waals surface area (Å²) < 4.78 is 2.21.